The zero-order valence-corrected chi connectivity index (χ0v) is 10.5. The summed E-state index contributed by atoms with van der Waals surface area (Å²) in [5, 5.41) is 0. The van der Waals surface area contributed by atoms with Crippen molar-refractivity contribution in [3.05, 3.63) is 22.6 Å². The highest BCUT2D eigenvalue weighted by atomic mass is 79.9. The van der Waals surface area contributed by atoms with Crippen LogP contribution in [0.5, 0.6) is 0 Å². The Hall–Kier alpha value is -0.770. The number of hydrogen-bond acceptors (Lipinski definition) is 2. The van der Waals surface area contributed by atoms with Gasteiger partial charge in [0.1, 0.15) is 0 Å². The minimum Gasteiger partial charge on any atom is -0.458 e. The van der Waals surface area contributed by atoms with Crippen molar-refractivity contribution >= 4 is 21.8 Å². The summed E-state index contributed by atoms with van der Waals surface area (Å²) in [5.74, 6) is 0.388. The first-order valence-corrected chi connectivity index (χ1v) is 5.86. The molecule has 1 aliphatic heterocycles. The number of halogens is 1. The Morgan fingerprint density at radius 2 is 2.33 bits per heavy atom. The van der Waals surface area contributed by atoms with Crippen LogP contribution in [0, 0.1) is 0 Å². The largest absolute Gasteiger partial charge is 0.458 e. The van der Waals surface area contributed by atoms with E-state index in [4.69, 9.17) is 4.42 Å². The molecule has 0 atom stereocenters. The van der Waals surface area contributed by atoms with E-state index in [-0.39, 0.29) is 11.4 Å². The third-order valence-electron chi connectivity index (χ3n) is 2.96. The van der Waals surface area contributed by atoms with Crippen molar-refractivity contribution < 1.29 is 9.21 Å². The number of amides is 1. The molecule has 1 aromatic rings. The van der Waals surface area contributed by atoms with Crippen molar-refractivity contribution in [1.29, 1.82) is 0 Å². The maximum absolute atomic E-state index is 12.1. The molecule has 1 aliphatic rings. The molecule has 82 valence electrons. The molecular weight excluding hydrogens is 258 g/mol. The van der Waals surface area contributed by atoms with Gasteiger partial charge in [-0.25, -0.2) is 0 Å². The zero-order valence-electron chi connectivity index (χ0n) is 8.92. The lowest BCUT2D eigenvalue weighted by Gasteiger charge is -2.30. The summed E-state index contributed by atoms with van der Waals surface area (Å²) in [5.41, 5.74) is -0.0523. The molecule has 1 amide bonds. The Balaban J connectivity index is 2.26. The lowest BCUT2D eigenvalue weighted by Crippen LogP contribution is -2.42. The van der Waals surface area contributed by atoms with Crippen molar-refractivity contribution in [3.63, 3.8) is 0 Å². The molecule has 1 aromatic heterocycles. The van der Waals surface area contributed by atoms with Gasteiger partial charge in [-0.2, -0.15) is 0 Å². The SMILES string of the molecule is CC1(C)CCCN1C(=O)c1occc1Br. The average molecular weight is 272 g/mol. The fourth-order valence-corrected chi connectivity index (χ4v) is 2.42. The monoisotopic (exact) mass is 271 g/mol. The van der Waals surface area contributed by atoms with Crippen LogP contribution in [-0.2, 0) is 0 Å². The molecule has 0 N–H and O–H groups in total. The van der Waals surface area contributed by atoms with E-state index < -0.39 is 0 Å². The number of likely N-dealkylation sites (tertiary alicyclic amines) is 1. The normalized spacial score (nSPS) is 19.5. The van der Waals surface area contributed by atoms with Crippen LogP contribution in [0.25, 0.3) is 0 Å². The van der Waals surface area contributed by atoms with Crippen LogP contribution in [-0.4, -0.2) is 22.9 Å². The third kappa shape index (κ3) is 1.83. The van der Waals surface area contributed by atoms with Gasteiger partial charge in [0.2, 0.25) is 5.76 Å². The Morgan fingerprint density at radius 3 is 2.80 bits per heavy atom. The summed E-state index contributed by atoms with van der Waals surface area (Å²) in [7, 11) is 0. The first kappa shape index (κ1) is 10.7. The molecule has 1 saturated heterocycles. The van der Waals surface area contributed by atoms with Crippen LogP contribution < -0.4 is 0 Å². The third-order valence-corrected chi connectivity index (χ3v) is 3.58. The second-order valence-corrected chi connectivity index (χ2v) is 5.32. The Kier molecular flexibility index (Phi) is 2.63. The van der Waals surface area contributed by atoms with Crippen molar-refractivity contribution in [2.75, 3.05) is 6.54 Å². The lowest BCUT2D eigenvalue weighted by molar-refractivity contribution is 0.0618. The molecule has 0 saturated carbocycles. The van der Waals surface area contributed by atoms with Crippen molar-refractivity contribution in [3.8, 4) is 0 Å². The minimum absolute atomic E-state index is 0.0191. The molecule has 0 aliphatic carbocycles. The van der Waals surface area contributed by atoms with Gasteiger partial charge in [-0.05, 0) is 48.7 Å². The van der Waals surface area contributed by atoms with Crippen LogP contribution in [0.3, 0.4) is 0 Å². The predicted molar refractivity (Wildman–Crippen MR) is 60.8 cm³/mol. The standard InChI is InChI=1S/C11H14BrNO2/c1-11(2)5-3-6-13(11)10(14)9-8(12)4-7-15-9/h4,7H,3,5-6H2,1-2H3. The van der Waals surface area contributed by atoms with E-state index >= 15 is 0 Å². The summed E-state index contributed by atoms with van der Waals surface area (Å²) in [6.45, 7) is 5.00. The van der Waals surface area contributed by atoms with Gasteiger partial charge in [0.25, 0.3) is 5.91 Å². The van der Waals surface area contributed by atoms with E-state index in [0.717, 1.165) is 23.9 Å². The van der Waals surface area contributed by atoms with Gasteiger partial charge in [-0.1, -0.05) is 0 Å². The van der Waals surface area contributed by atoms with E-state index in [0.29, 0.717) is 5.76 Å². The summed E-state index contributed by atoms with van der Waals surface area (Å²) in [6, 6.07) is 1.75. The van der Waals surface area contributed by atoms with Crippen LogP contribution >= 0.6 is 15.9 Å². The van der Waals surface area contributed by atoms with Gasteiger partial charge in [-0.3, -0.25) is 4.79 Å². The number of hydrogen-bond donors (Lipinski definition) is 0. The molecule has 4 heteroatoms. The number of nitrogens with zero attached hydrogens (tertiary/aromatic N) is 1. The van der Waals surface area contributed by atoms with Crippen molar-refractivity contribution in [1.82, 2.24) is 4.90 Å². The van der Waals surface area contributed by atoms with Crippen LogP contribution in [0.4, 0.5) is 0 Å². The second-order valence-electron chi connectivity index (χ2n) is 4.47. The molecule has 0 aromatic carbocycles. The smallest absolute Gasteiger partial charge is 0.291 e. The number of carbonyl (C=O) groups excluding carboxylic acids is 1. The molecule has 0 unspecified atom stereocenters. The van der Waals surface area contributed by atoms with Gasteiger partial charge >= 0.3 is 0 Å². The zero-order chi connectivity index (χ0) is 11.1. The van der Waals surface area contributed by atoms with E-state index in [1.165, 1.54) is 6.26 Å². The molecule has 2 rings (SSSR count). The van der Waals surface area contributed by atoms with E-state index in [1.54, 1.807) is 6.07 Å². The quantitative estimate of drug-likeness (QED) is 0.787. The highest BCUT2D eigenvalue weighted by Crippen LogP contribution is 2.31. The second kappa shape index (κ2) is 3.67. The molecule has 15 heavy (non-hydrogen) atoms. The summed E-state index contributed by atoms with van der Waals surface area (Å²) in [6.07, 6.45) is 3.65. The maximum atomic E-state index is 12.1. The molecule has 2 heterocycles. The first-order chi connectivity index (χ1) is 7.02. The van der Waals surface area contributed by atoms with Gasteiger partial charge < -0.3 is 9.32 Å². The first-order valence-electron chi connectivity index (χ1n) is 5.07. The van der Waals surface area contributed by atoms with Crippen LogP contribution in [0.2, 0.25) is 0 Å². The van der Waals surface area contributed by atoms with E-state index in [1.807, 2.05) is 4.90 Å². The molecule has 1 fully saturated rings. The predicted octanol–water partition coefficient (Wildman–Crippen LogP) is 3.06. The Morgan fingerprint density at radius 1 is 1.60 bits per heavy atom. The van der Waals surface area contributed by atoms with Gasteiger partial charge in [0, 0.05) is 12.1 Å². The summed E-state index contributed by atoms with van der Waals surface area (Å²) >= 11 is 3.31. The van der Waals surface area contributed by atoms with E-state index in [2.05, 4.69) is 29.8 Å². The van der Waals surface area contributed by atoms with Gasteiger partial charge in [0.05, 0.1) is 10.7 Å². The molecule has 0 spiro atoms. The number of rotatable bonds is 1. The van der Waals surface area contributed by atoms with Gasteiger partial charge in [-0.15, -0.1) is 0 Å². The molecule has 0 bridgehead atoms. The number of furan rings is 1. The van der Waals surface area contributed by atoms with Gasteiger partial charge in [0.15, 0.2) is 0 Å². The molecule has 0 radical (unpaired) electrons. The fourth-order valence-electron chi connectivity index (χ4n) is 2.05. The Bertz CT molecular complexity index is 384. The van der Waals surface area contributed by atoms with Crippen LogP contribution in [0.15, 0.2) is 21.2 Å². The maximum Gasteiger partial charge on any atom is 0.291 e. The van der Waals surface area contributed by atoms with Crippen molar-refractivity contribution in [2.24, 2.45) is 0 Å². The topological polar surface area (TPSA) is 33.5 Å². The summed E-state index contributed by atoms with van der Waals surface area (Å²) < 4.78 is 5.93. The lowest BCUT2D eigenvalue weighted by atomic mass is 10.0. The number of carbonyl (C=O) groups is 1. The minimum atomic E-state index is -0.0523. The Labute approximate surface area is 97.6 Å². The van der Waals surface area contributed by atoms with Crippen molar-refractivity contribution in [2.45, 2.75) is 32.2 Å². The average Bonchev–Trinajstić information content (AvgIpc) is 2.70. The molecule has 3 nitrogen and oxygen atoms in total. The van der Waals surface area contributed by atoms with E-state index in [9.17, 15) is 4.79 Å². The molecular formula is C11H14BrNO2. The van der Waals surface area contributed by atoms with Crippen LogP contribution in [0.1, 0.15) is 37.2 Å². The highest BCUT2D eigenvalue weighted by molar-refractivity contribution is 9.10. The highest BCUT2D eigenvalue weighted by Gasteiger charge is 2.37. The fraction of sp³-hybridized carbons (Fsp3) is 0.545. The summed E-state index contributed by atoms with van der Waals surface area (Å²) in [4.78, 5) is 14.0.